The molecule has 2 amide bonds. The topological polar surface area (TPSA) is 89.9 Å². The van der Waals surface area contributed by atoms with Crippen LogP contribution in [0, 0.1) is 5.92 Å². The number of carbonyl (C=O) groups excluding carboxylic acids is 1. The van der Waals surface area contributed by atoms with Crippen LogP contribution in [0.2, 0.25) is 0 Å². The zero-order valence-corrected chi connectivity index (χ0v) is 10.9. The molecule has 104 valence electrons. The van der Waals surface area contributed by atoms with E-state index in [9.17, 15) is 14.7 Å². The highest BCUT2D eigenvalue weighted by Crippen LogP contribution is 2.19. The Morgan fingerprint density at radius 2 is 2.11 bits per heavy atom. The van der Waals surface area contributed by atoms with Crippen molar-refractivity contribution >= 4 is 12.0 Å². The van der Waals surface area contributed by atoms with Crippen molar-refractivity contribution in [3.05, 3.63) is 0 Å². The summed E-state index contributed by atoms with van der Waals surface area (Å²) in [6.07, 6.45) is 0.897. The maximum Gasteiger partial charge on any atom is 0.317 e. The van der Waals surface area contributed by atoms with Crippen LogP contribution in [0.3, 0.4) is 0 Å². The number of aliphatic hydroxyl groups is 1. The molecule has 1 saturated heterocycles. The fourth-order valence-electron chi connectivity index (χ4n) is 2.08. The van der Waals surface area contributed by atoms with Crippen molar-refractivity contribution in [3.8, 4) is 0 Å². The van der Waals surface area contributed by atoms with Gasteiger partial charge in [-0.2, -0.15) is 0 Å². The first-order chi connectivity index (χ1) is 8.40. The van der Waals surface area contributed by atoms with Gasteiger partial charge >= 0.3 is 12.0 Å². The van der Waals surface area contributed by atoms with Crippen LogP contribution in [-0.4, -0.2) is 52.3 Å². The van der Waals surface area contributed by atoms with Crippen molar-refractivity contribution in [3.63, 3.8) is 0 Å². The Hall–Kier alpha value is -1.30. The molecular formula is C12H22N2O4. The van der Waals surface area contributed by atoms with Crippen molar-refractivity contribution < 1.29 is 19.8 Å². The lowest BCUT2D eigenvalue weighted by atomic mass is 10.0. The Kier molecular flexibility index (Phi) is 5.40. The lowest BCUT2D eigenvalue weighted by Crippen LogP contribution is -2.43. The average Bonchev–Trinajstić information content (AvgIpc) is 2.75. The fourth-order valence-corrected chi connectivity index (χ4v) is 2.08. The molecule has 0 aromatic rings. The maximum atomic E-state index is 11.9. The first-order valence-electron chi connectivity index (χ1n) is 6.35. The minimum absolute atomic E-state index is 0.0533. The normalized spacial score (nSPS) is 22.6. The van der Waals surface area contributed by atoms with Gasteiger partial charge in [-0.3, -0.25) is 4.79 Å². The van der Waals surface area contributed by atoms with Crippen LogP contribution in [-0.2, 0) is 4.79 Å². The summed E-state index contributed by atoms with van der Waals surface area (Å²) in [4.78, 5) is 23.9. The highest BCUT2D eigenvalue weighted by atomic mass is 16.4. The molecule has 6 nitrogen and oxygen atoms in total. The SMILES string of the molecule is CC(CCC(=O)O)NC(=O)N1CCC(C(C)O)C1. The third-order valence-corrected chi connectivity index (χ3v) is 3.36. The number of carbonyl (C=O) groups is 2. The molecule has 3 unspecified atom stereocenters. The Labute approximate surface area is 107 Å². The van der Waals surface area contributed by atoms with Gasteiger partial charge in [0, 0.05) is 31.5 Å². The summed E-state index contributed by atoms with van der Waals surface area (Å²) in [6.45, 7) is 4.74. The Balaban J connectivity index is 2.31. The molecule has 0 aromatic heterocycles. The summed E-state index contributed by atoms with van der Waals surface area (Å²) in [5.74, 6) is -0.712. The van der Waals surface area contributed by atoms with E-state index < -0.39 is 12.1 Å². The van der Waals surface area contributed by atoms with Gasteiger partial charge < -0.3 is 20.4 Å². The first-order valence-corrected chi connectivity index (χ1v) is 6.35. The van der Waals surface area contributed by atoms with Gasteiger partial charge in [0.2, 0.25) is 0 Å². The summed E-state index contributed by atoms with van der Waals surface area (Å²) in [5.41, 5.74) is 0. The van der Waals surface area contributed by atoms with Gasteiger partial charge in [-0.15, -0.1) is 0 Å². The molecular weight excluding hydrogens is 236 g/mol. The standard InChI is InChI=1S/C12H22N2O4/c1-8(3-4-11(16)17)13-12(18)14-6-5-10(7-14)9(2)15/h8-10,15H,3-7H2,1-2H3,(H,13,18)(H,16,17). The van der Waals surface area contributed by atoms with Gasteiger partial charge in [0.05, 0.1) is 6.10 Å². The van der Waals surface area contributed by atoms with Gasteiger partial charge in [0.15, 0.2) is 0 Å². The van der Waals surface area contributed by atoms with Gasteiger partial charge in [0.1, 0.15) is 0 Å². The zero-order chi connectivity index (χ0) is 13.7. The monoisotopic (exact) mass is 258 g/mol. The maximum absolute atomic E-state index is 11.9. The Morgan fingerprint density at radius 1 is 1.44 bits per heavy atom. The summed E-state index contributed by atoms with van der Waals surface area (Å²) in [7, 11) is 0. The van der Waals surface area contributed by atoms with Crippen LogP contribution in [0.15, 0.2) is 0 Å². The lowest BCUT2D eigenvalue weighted by molar-refractivity contribution is -0.137. The molecule has 0 saturated carbocycles. The van der Waals surface area contributed by atoms with E-state index in [2.05, 4.69) is 5.32 Å². The summed E-state index contributed by atoms with van der Waals surface area (Å²) in [5, 5.41) is 20.8. The number of amides is 2. The number of nitrogens with one attached hydrogen (secondary N) is 1. The minimum atomic E-state index is -0.855. The van der Waals surface area contributed by atoms with Crippen molar-refractivity contribution in [1.29, 1.82) is 0 Å². The number of rotatable bonds is 5. The molecule has 3 N–H and O–H groups in total. The molecule has 18 heavy (non-hydrogen) atoms. The average molecular weight is 258 g/mol. The molecule has 0 aliphatic carbocycles. The molecule has 0 bridgehead atoms. The number of carboxylic acid groups (broad SMARTS) is 1. The Morgan fingerprint density at radius 3 is 2.61 bits per heavy atom. The lowest BCUT2D eigenvalue weighted by Gasteiger charge is -2.21. The number of urea groups is 1. The largest absolute Gasteiger partial charge is 0.481 e. The smallest absolute Gasteiger partial charge is 0.317 e. The fraction of sp³-hybridized carbons (Fsp3) is 0.833. The van der Waals surface area contributed by atoms with Gasteiger partial charge in [-0.25, -0.2) is 4.79 Å². The highest BCUT2D eigenvalue weighted by Gasteiger charge is 2.29. The summed E-state index contributed by atoms with van der Waals surface area (Å²) in [6, 6.07) is -0.324. The predicted octanol–water partition coefficient (Wildman–Crippen LogP) is 0.652. The molecule has 1 aliphatic rings. The van der Waals surface area contributed by atoms with Crippen LogP contribution in [0.5, 0.6) is 0 Å². The van der Waals surface area contributed by atoms with Crippen LogP contribution < -0.4 is 5.32 Å². The van der Waals surface area contributed by atoms with E-state index in [4.69, 9.17) is 5.11 Å². The molecule has 0 spiro atoms. The van der Waals surface area contributed by atoms with E-state index in [1.807, 2.05) is 0 Å². The van der Waals surface area contributed by atoms with Crippen molar-refractivity contribution in [1.82, 2.24) is 10.2 Å². The van der Waals surface area contributed by atoms with Crippen molar-refractivity contribution in [2.75, 3.05) is 13.1 Å². The molecule has 1 aliphatic heterocycles. The van der Waals surface area contributed by atoms with Crippen LogP contribution in [0.1, 0.15) is 33.1 Å². The quantitative estimate of drug-likeness (QED) is 0.675. The highest BCUT2D eigenvalue weighted by molar-refractivity contribution is 5.75. The second kappa shape index (κ2) is 6.58. The van der Waals surface area contributed by atoms with Crippen LogP contribution >= 0.6 is 0 Å². The van der Waals surface area contributed by atoms with E-state index in [0.29, 0.717) is 19.5 Å². The van der Waals surface area contributed by atoms with Crippen molar-refractivity contribution in [2.24, 2.45) is 5.92 Å². The molecule has 1 heterocycles. The molecule has 1 rings (SSSR count). The number of aliphatic carboxylic acids is 1. The van der Waals surface area contributed by atoms with Crippen LogP contribution in [0.4, 0.5) is 4.79 Å². The number of carboxylic acids is 1. The van der Waals surface area contributed by atoms with Crippen molar-refractivity contribution in [2.45, 2.75) is 45.3 Å². The number of hydrogen-bond acceptors (Lipinski definition) is 3. The number of nitrogens with zero attached hydrogens (tertiary/aromatic N) is 1. The summed E-state index contributed by atoms with van der Waals surface area (Å²) < 4.78 is 0. The van der Waals surface area contributed by atoms with Gasteiger partial charge in [-0.1, -0.05) is 0 Å². The molecule has 1 fully saturated rings. The predicted molar refractivity (Wildman–Crippen MR) is 66.2 cm³/mol. The number of likely N-dealkylation sites (tertiary alicyclic amines) is 1. The van der Waals surface area contributed by atoms with E-state index in [1.54, 1.807) is 18.7 Å². The second-order valence-corrected chi connectivity index (χ2v) is 5.02. The van der Waals surface area contributed by atoms with Crippen LogP contribution in [0.25, 0.3) is 0 Å². The van der Waals surface area contributed by atoms with Gasteiger partial charge in [-0.05, 0) is 26.7 Å². The zero-order valence-electron chi connectivity index (χ0n) is 10.9. The molecule has 0 aromatic carbocycles. The van der Waals surface area contributed by atoms with Gasteiger partial charge in [0.25, 0.3) is 0 Å². The molecule has 3 atom stereocenters. The van der Waals surface area contributed by atoms with E-state index >= 15 is 0 Å². The van der Waals surface area contributed by atoms with E-state index in [-0.39, 0.29) is 24.4 Å². The third-order valence-electron chi connectivity index (χ3n) is 3.36. The molecule has 6 heteroatoms. The number of hydrogen-bond donors (Lipinski definition) is 3. The minimum Gasteiger partial charge on any atom is -0.481 e. The van der Waals surface area contributed by atoms with E-state index in [0.717, 1.165) is 6.42 Å². The molecule has 0 radical (unpaired) electrons. The number of aliphatic hydroxyl groups excluding tert-OH is 1. The summed E-state index contributed by atoms with van der Waals surface area (Å²) >= 11 is 0. The third kappa shape index (κ3) is 4.52. The second-order valence-electron chi connectivity index (χ2n) is 5.02. The Bertz CT molecular complexity index is 306. The van der Waals surface area contributed by atoms with E-state index in [1.165, 1.54) is 0 Å². The first kappa shape index (κ1) is 14.8.